The van der Waals surface area contributed by atoms with Gasteiger partial charge in [0.15, 0.2) is 0 Å². The molecule has 0 nitrogen and oxygen atoms in total. The Kier molecular flexibility index (Phi) is 0.722. The first kappa shape index (κ1) is 3.91. The molecule has 0 heterocycles. The van der Waals surface area contributed by atoms with Crippen LogP contribution in [0.5, 0.6) is 0 Å². The lowest BCUT2D eigenvalue weighted by Crippen LogP contribution is -2.08. The molecule has 0 radical (unpaired) electrons. The van der Waals surface area contributed by atoms with Crippen LogP contribution in [0.3, 0.4) is 0 Å². The van der Waals surface area contributed by atoms with Crippen LogP contribution in [-0.4, -0.2) is 0 Å². The van der Waals surface area contributed by atoms with Crippen molar-refractivity contribution in [2.45, 2.75) is 19.8 Å². The van der Waals surface area contributed by atoms with Crippen LogP contribution in [0, 0.1) is 5.92 Å². The zero-order valence-electron chi connectivity index (χ0n) is 4.20. The first-order valence-corrected chi connectivity index (χ1v) is 2.48. The van der Waals surface area contributed by atoms with Gasteiger partial charge in [0, 0.05) is 0 Å². The van der Waals surface area contributed by atoms with E-state index >= 15 is 0 Å². The van der Waals surface area contributed by atoms with E-state index < -0.39 is 0 Å². The molecule has 0 saturated heterocycles. The van der Waals surface area contributed by atoms with Crippen LogP contribution in [0.25, 0.3) is 0 Å². The zero-order valence-corrected chi connectivity index (χ0v) is 4.20. The Balaban J connectivity index is 2.39. The minimum absolute atomic E-state index is 0.838. The van der Waals surface area contributed by atoms with Gasteiger partial charge in [-0.2, -0.15) is 0 Å². The molecular weight excluding hydrogens is 72.1 g/mol. The fourth-order valence-corrected chi connectivity index (χ4v) is 0.637. The van der Waals surface area contributed by atoms with Crippen LogP contribution < -0.4 is 0 Å². The first-order chi connectivity index (χ1) is 2.80. The van der Waals surface area contributed by atoms with Crippen LogP contribution in [0.1, 0.15) is 19.8 Å². The largest absolute Gasteiger partial charge is 0.0996 e. The third-order valence-corrected chi connectivity index (χ3v) is 1.60. The summed E-state index contributed by atoms with van der Waals surface area (Å²) in [7, 11) is 0. The molecule has 1 saturated carbocycles. The second-order valence-corrected chi connectivity index (χ2v) is 2.10. The SMILES string of the molecule is C=C1CCC1C. The highest BCUT2D eigenvalue weighted by Crippen LogP contribution is 2.30. The minimum atomic E-state index is 0.838. The fraction of sp³-hybridized carbons (Fsp3) is 0.667. The molecular formula is C6H10. The zero-order chi connectivity index (χ0) is 4.57. The van der Waals surface area contributed by atoms with Crippen LogP contribution in [0.2, 0.25) is 0 Å². The summed E-state index contributed by atoms with van der Waals surface area (Å²) in [6, 6.07) is 0. The van der Waals surface area contributed by atoms with E-state index in [2.05, 4.69) is 13.5 Å². The lowest BCUT2D eigenvalue weighted by atomic mass is 9.82. The van der Waals surface area contributed by atoms with Gasteiger partial charge in [-0.25, -0.2) is 0 Å². The molecule has 0 bridgehead atoms. The van der Waals surface area contributed by atoms with E-state index in [9.17, 15) is 0 Å². The Morgan fingerprint density at radius 1 is 1.83 bits per heavy atom. The van der Waals surface area contributed by atoms with Crippen molar-refractivity contribution >= 4 is 0 Å². The van der Waals surface area contributed by atoms with Gasteiger partial charge in [0.1, 0.15) is 0 Å². The molecule has 34 valence electrons. The lowest BCUT2D eigenvalue weighted by Gasteiger charge is -2.23. The fourth-order valence-electron chi connectivity index (χ4n) is 0.637. The molecule has 1 aliphatic rings. The van der Waals surface area contributed by atoms with Gasteiger partial charge in [0.05, 0.1) is 0 Å². The molecule has 0 N–H and O–H groups in total. The molecule has 1 unspecified atom stereocenters. The Labute approximate surface area is 38.9 Å². The maximum Gasteiger partial charge on any atom is -0.0231 e. The highest BCUT2D eigenvalue weighted by atomic mass is 14.2. The Hall–Kier alpha value is -0.260. The molecule has 0 spiro atoms. The molecule has 1 fully saturated rings. The highest BCUT2D eigenvalue weighted by molar-refractivity contribution is 5.07. The number of rotatable bonds is 0. The predicted molar refractivity (Wildman–Crippen MR) is 27.5 cm³/mol. The molecule has 1 rings (SSSR count). The average molecular weight is 82.1 g/mol. The van der Waals surface area contributed by atoms with Crippen LogP contribution in [0.4, 0.5) is 0 Å². The quantitative estimate of drug-likeness (QED) is 0.392. The van der Waals surface area contributed by atoms with E-state index in [1.165, 1.54) is 18.4 Å². The topological polar surface area (TPSA) is 0 Å². The van der Waals surface area contributed by atoms with Gasteiger partial charge in [-0.05, 0) is 18.8 Å². The van der Waals surface area contributed by atoms with Crippen LogP contribution in [0.15, 0.2) is 12.2 Å². The normalized spacial score (nSPS) is 32.8. The summed E-state index contributed by atoms with van der Waals surface area (Å²) in [6.07, 6.45) is 2.65. The second kappa shape index (κ2) is 1.11. The summed E-state index contributed by atoms with van der Waals surface area (Å²) in [6.45, 7) is 6.07. The molecule has 0 aliphatic heterocycles. The first-order valence-electron chi connectivity index (χ1n) is 2.48. The van der Waals surface area contributed by atoms with Gasteiger partial charge < -0.3 is 0 Å². The summed E-state index contributed by atoms with van der Waals surface area (Å²) < 4.78 is 0. The smallest absolute Gasteiger partial charge is 0.0231 e. The standard InChI is InChI=1S/C6H10/c1-5-3-4-6(5)2/h6H,1,3-4H2,2H3. The van der Waals surface area contributed by atoms with Gasteiger partial charge in [-0.15, -0.1) is 0 Å². The van der Waals surface area contributed by atoms with Crippen molar-refractivity contribution in [2.75, 3.05) is 0 Å². The predicted octanol–water partition coefficient (Wildman–Crippen LogP) is 1.97. The van der Waals surface area contributed by atoms with Crippen LogP contribution in [-0.2, 0) is 0 Å². The molecule has 0 heteroatoms. The van der Waals surface area contributed by atoms with Gasteiger partial charge in [0.2, 0.25) is 0 Å². The molecule has 0 amide bonds. The minimum Gasteiger partial charge on any atom is -0.0996 e. The third-order valence-electron chi connectivity index (χ3n) is 1.60. The molecule has 1 aliphatic carbocycles. The molecule has 6 heavy (non-hydrogen) atoms. The van der Waals surface area contributed by atoms with Gasteiger partial charge in [-0.3, -0.25) is 0 Å². The van der Waals surface area contributed by atoms with Gasteiger partial charge in [-0.1, -0.05) is 19.1 Å². The van der Waals surface area contributed by atoms with E-state index in [1.807, 2.05) is 0 Å². The van der Waals surface area contributed by atoms with E-state index in [4.69, 9.17) is 0 Å². The van der Waals surface area contributed by atoms with E-state index in [0.717, 1.165) is 5.92 Å². The van der Waals surface area contributed by atoms with Crippen molar-refractivity contribution in [3.8, 4) is 0 Å². The summed E-state index contributed by atoms with van der Waals surface area (Å²) in [5.74, 6) is 0.838. The molecule has 1 atom stereocenters. The lowest BCUT2D eigenvalue weighted by molar-refractivity contribution is 0.486. The molecule has 0 aromatic carbocycles. The molecule has 0 aromatic rings. The maximum atomic E-state index is 3.84. The van der Waals surface area contributed by atoms with Crippen LogP contribution >= 0.6 is 0 Å². The van der Waals surface area contributed by atoms with E-state index in [1.54, 1.807) is 0 Å². The Morgan fingerprint density at radius 3 is 2.33 bits per heavy atom. The maximum absolute atomic E-state index is 3.84. The van der Waals surface area contributed by atoms with Crippen molar-refractivity contribution in [1.82, 2.24) is 0 Å². The van der Waals surface area contributed by atoms with Crippen molar-refractivity contribution in [1.29, 1.82) is 0 Å². The number of hydrogen-bond donors (Lipinski definition) is 0. The average Bonchev–Trinajstić information content (AvgIpc) is 1.61. The van der Waals surface area contributed by atoms with Crippen molar-refractivity contribution in [2.24, 2.45) is 5.92 Å². The van der Waals surface area contributed by atoms with Crippen molar-refractivity contribution in [3.63, 3.8) is 0 Å². The second-order valence-electron chi connectivity index (χ2n) is 2.10. The van der Waals surface area contributed by atoms with Crippen molar-refractivity contribution < 1.29 is 0 Å². The third kappa shape index (κ3) is 0.368. The van der Waals surface area contributed by atoms with Gasteiger partial charge >= 0.3 is 0 Å². The van der Waals surface area contributed by atoms with E-state index in [-0.39, 0.29) is 0 Å². The summed E-state index contributed by atoms with van der Waals surface area (Å²) in [4.78, 5) is 0. The Bertz CT molecular complexity index is 72.1. The monoisotopic (exact) mass is 82.1 g/mol. The highest BCUT2D eigenvalue weighted by Gasteiger charge is 2.15. The van der Waals surface area contributed by atoms with Crippen molar-refractivity contribution in [3.05, 3.63) is 12.2 Å². The summed E-state index contributed by atoms with van der Waals surface area (Å²) in [5.41, 5.74) is 1.44. The summed E-state index contributed by atoms with van der Waals surface area (Å²) >= 11 is 0. The van der Waals surface area contributed by atoms with Gasteiger partial charge in [0.25, 0.3) is 0 Å². The van der Waals surface area contributed by atoms with E-state index in [0.29, 0.717) is 0 Å². The summed E-state index contributed by atoms with van der Waals surface area (Å²) in [5, 5.41) is 0. The number of allylic oxidation sites excluding steroid dienone is 1. The molecule has 0 aromatic heterocycles. The Morgan fingerprint density at radius 2 is 2.33 bits per heavy atom. The number of hydrogen-bond acceptors (Lipinski definition) is 0.